The predicted molar refractivity (Wildman–Crippen MR) is 60.4 cm³/mol. The largest absolute Gasteiger partial charge is 0.446 e. The number of para-hydroxylation sites is 1. The Labute approximate surface area is 94.6 Å². The van der Waals surface area contributed by atoms with E-state index in [9.17, 15) is 4.79 Å². The molecule has 1 fully saturated rings. The number of carbonyl (C=O) groups excluding carboxylic acids is 1. The van der Waals surface area contributed by atoms with E-state index in [1.165, 1.54) is 0 Å². The predicted octanol–water partition coefficient (Wildman–Crippen LogP) is 2.41. The van der Waals surface area contributed by atoms with Gasteiger partial charge in [0.2, 0.25) is 0 Å². The molecule has 1 aromatic rings. The summed E-state index contributed by atoms with van der Waals surface area (Å²) in [5.41, 5.74) is 0.745. The lowest BCUT2D eigenvalue weighted by Gasteiger charge is -2.33. The molecule has 1 N–H and O–H groups in total. The van der Waals surface area contributed by atoms with Crippen LogP contribution in [-0.4, -0.2) is 25.4 Å². The van der Waals surface area contributed by atoms with Crippen molar-refractivity contribution in [2.45, 2.75) is 25.0 Å². The Balaban J connectivity index is 1.74. The van der Waals surface area contributed by atoms with Gasteiger partial charge in [0.15, 0.2) is 0 Å². The Morgan fingerprint density at radius 1 is 1.25 bits per heavy atom. The number of anilines is 1. The van der Waals surface area contributed by atoms with Crippen molar-refractivity contribution in [2.24, 2.45) is 0 Å². The standard InChI is InChI=1S/C12H15NO3/c1-15-10-7-11(8-10)16-12(14)13-9-5-3-2-4-6-9/h2-6,10-11H,7-8H2,1H3,(H,13,14). The third-order valence-electron chi connectivity index (χ3n) is 2.68. The van der Waals surface area contributed by atoms with Crippen LogP contribution in [0.25, 0.3) is 0 Å². The molecule has 1 aliphatic carbocycles. The second kappa shape index (κ2) is 4.99. The van der Waals surface area contributed by atoms with E-state index in [4.69, 9.17) is 9.47 Å². The van der Waals surface area contributed by atoms with E-state index in [0.29, 0.717) is 0 Å². The molecule has 0 bridgehead atoms. The molecule has 4 nitrogen and oxygen atoms in total. The van der Waals surface area contributed by atoms with Gasteiger partial charge in [0.05, 0.1) is 6.10 Å². The van der Waals surface area contributed by atoms with Gasteiger partial charge in [0, 0.05) is 25.6 Å². The van der Waals surface area contributed by atoms with Crippen molar-refractivity contribution in [1.82, 2.24) is 0 Å². The fraction of sp³-hybridized carbons (Fsp3) is 0.417. The van der Waals surface area contributed by atoms with Crippen LogP contribution in [0.15, 0.2) is 30.3 Å². The lowest BCUT2D eigenvalue weighted by molar-refractivity contribution is -0.0532. The quantitative estimate of drug-likeness (QED) is 0.852. The first kappa shape index (κ1) is 11.0. The zero-order valence-electron chi connectivity index (χ0n) is 9.18. The Hall–Kier alpha value is -1.55. The van der Waals surface area contributed by atoms with Crippen molar-refractivity contribution in [3.05, 3.63) is 30.3 Å². The summed E-state index contributed by atoms with van der Waals surface area (Å²) in [6.07, 6.45) is 1.42. The molecule has 1 aromatic carbocycles. The summed E-state index contributed by atoms with van der Waals surface area (Å²) < 4.78 is 10.3. The van der Waals surface area contributed by atoms with Crippen molar-refractivity contribution in [2.75, 3.05) is 12.4 Å². The van der Waals surface area contributed by atoms with E-state index in [1.54, 1.807) is 7.11 Å². The van der Waals surface area contributed by atoms with E-state index < -0.39 is 6.09 Å². The summed E-state index contributed by atoms with van der Waals surface area (Å²) in [4.78, 5) is 11.4. The summed E-state index contributed by atoms with van der Waals surface area (Å²) in [7, 11) is 1.67. The number of ether oxygens (including phenoxy) is 2. The highest BCUT2D eigenvalue weighted by molar-refractivity contribution is 5.84. The molecule has 0 unspecified atom stereocenters. The first-order valence-electron chi connectivity index (χ1n) is 5.33. The number of amides is 1. The average Bonchev–Trinajstić information content (AvgIpc) is 2.24. The first-order chi connectivity index (χ1) is 7.78. The molecule has 1 amide bonds. The molecular formula is C12H15NO3. The molecule has 0 aliphatic heterocycles. The molecule has 0 radical (unpaired) electrons. The van der Waals surface area contributed by atoms with Crippen LogP contribution in [0.3, 0.4) is 0 Å². The maximum absolute atomic E-state index is 11.4. The SMILES string of the molecule is COC1CC(OC(=O)Nc2ccccc2)C1. The number of benzene rings is 1. The van der Waals surface area contributed by atoms with Gasteiger partial charge < -0.3 is 9.47 Å². The fourth-order valence-electron chi connectivity index (χ4n) is 1.63. The lowest BCUT2D eigenvalue weighted by atomic mass is 9.92. The monoisotopic (exact) mass is 221 g/mol. The van der Waals surface area contributed by atoms with Crippen molar-refractivity contribution in [3.8, 4) is 0 Å². The minimum Gasteiger partial charge on any atom is -0.446 e. The number of methoxy groups -OCH3 is 1. The zero-order chi connectivity index (χ0) is 11.4. The second-order valence-corrected chi connectivity index (χ2v) is 3.85. The summed E-state index contributed by atoms with van der Waals surface area (Å²) in [5.74, 6) is 0. The highest BCUT2D eigenvalue weighted by Crippen LogP contribution is 2.25. The van der Waals surface area contributed by atoms with E-state index in [2.05, 4.69) is 5.32 Å². The molecule has 0 saturated heterocycles. The highest BCUT2D eigenvalue weighted by Gasteiger charge is 2.32. The molecule has 4 heteroatoms. The Kier molecular flexibility index (Phi) is 3.41. The van der Waals surface area contributed by atoms with Crippen LogP contribution in [0, 0.1) is 0 Å². The highest BCUT2D eigenvalue weighted by atomic mass is 16.6. The van der Waals surface area contributed by atoms with Gasteiger partial charge in [-0.1, -0.05) is 18.2 Å². The summed E-state index contributed by atoms with van der Waals surface area (Å²) in [6, 6.07) is 9.26. The normalized spacial score (nSPS) is 23.3. The van der Waals surface area contributed by atoms with Crippen LogP contribution in [-0.2, 0) is 9.47 Å². The number of nitrogens with one attached hydrogen (secondary N) is 1. The minimum absolute atomic E-state index is 0.00587. The van der Waals surface area contributed by atoms with Gasteiger partial charge in [0.1, 0.15) is 6.10 Å². The molecule has 16 heavy (non-hydrogen) atoms. The molecule has 86 valence electrons. The number of carbonyl (C=O) groups is 1. The summed E-state index contributed by atoms with van der Waals surface area (Å²) in [6.45, 7) is 0. The molecule has 1 aliphatic rings. The Bertz CT molecular complexity index is 347. The first-order valence-corrected chi connectivity index (χ1v) is 5.33. The molecule has 0 heterocycles. The number of hydrogen-bond donors (Lipinski definition) is 1. The van der Waals surface area contributed by atoms with E-state index in [1.807, 2.05) is 30.3 Å². The van der Waals surface area contributed by atoms with Gasteiger partial charge in [-0.25, -0.2) is 4.79 Å². The maximum Gasteiger partial charge on any atom is 0.411 e. The molecule has 1 saturated carbocycles. The van der Waals surface area contributed by atoms with Gasteiger partial charge in [-0.3, -0.25) is 5.32 Å². The van der Waals surface area contributed by atoms with Crippen molar-refractivity contribution in [3.63, 3.8) is 0 Å². The van der Waals surface area contributed by atoms with Crippen LogP contribution in [0.5, 0.6) is 0 Å². The zero-order valence-corrected chi connectivity index (χ0v) is 9.18. The average molecular weight is 221 g/mol. The fourth-order valence-corrected chi connectivity index (χ4v) is 1.63. The molecule has 2 rings (SSSR count). The number of rotatable bonds is 3. The van der Waals surface area contributed by atoms with Gasteiger partial charge in [-0.2, -0.15) is 0 Å². The number of hydrogen-bond acceptors (Lipinski definition) is 3. The van der Waals surface area contributed by atoms with Crippen LogP contribution >= 0.6 is 0 Å². The lowest BCUT2D eigenvalue weighted by Crippen LogP contribution is -2.39. The van der Waals surface area contributed by atoms with Crippen LogP contribution in [0.2, 0.25) is 0 Å². The van der Waals surface area contributed by atoms with Gasteiger partial charge in [0.25, 0.3) is 0 Å². The van der Waals surface area contributed by atoms with E-state index >= 15 is 0 Å². The molecular weight excluding hydrogens is 206 g/mol. The summed E-state index contributed by atoms with van der Waals surface area (Å²) >= 11 is 0. The Morgan fingerprint density at radius 3 is 2.56 bits per heavy atom. The van der Waals surface area contributed by atoms with Gasteiger partial charge >= 0.3 is 6.09 Å². The smallest absolute Gasteiger partial charge is 0.411 e. The third kappa shape index (κ3) is 2.73. The van der Waals surface area contributed by atoms with E-state index in [-0.39, 0.29) is 12.2 Å². The minimum atomic E-state index is -0.397. The molecule has 0 aromatic heterocycles. The summed E-state index contributed by atoms with van der Waals surface area (Å²) in [5, 5.41) is 2.67. The Morgan fingerprint density at radius 2 is 1.94 bits per heavy atom. The molecule has 0 atom stereocenters. The van der Waals surface area contributed by atoms with Crippen LogP contribution in [0.4, 0.5) is 10.5 Å². The van der Waals surface area contributed by atoms with Gasteiger partial charge in [-0.05, 0) is 12.1 Å². The second-order valence-electron chi connectivity index (χ2n) is 3.85. The third-order valence-corrected chi connectivity index (χ3v) is 2.68. The van der Waals surface area contributed by atoms with E-state index in [0.717, 1.165) is 18.5 Å². The maximum atomic E-state index is 11.4. The van der Waals surface area contributed by atoms with Crippen molar-refractivity contribution >= 4 is 11.8 Å². The van der Waals surface area contributed by atoms with Crippen molar-refractivity contribution < 1.29 is 14.3 Å². The topological polar surface area (TPSA) is 47.6 Å². The van der Waals surface area contributed by atoms with Crippen LogP contribution < -0.4 is 5.32 Å². The molecule has 0 spiro atoms. The van der Waals surface area contributed by atoms with Gasteiger partial charge in [-0.15, -0.1) is 0 Å². The van der Waals surface area contributed by atoms with Crippen LogP contribution in [0.1, 0.15) is 12.8 Å². The van der Waals surface area contributed by atoms with Crippen molar-refractivity contribution in [1.29, 1.82) is 0 Å².